The third kappa shape index (κ3) is 3.54. The summed E-state index contributed by atoms with van der Waals surface area (Å²) in [6.45, 7) is 0. The van der Waals surface area contributed by atoms with Crippen LogP contribution in [0, 0.1) is 23.7 Å². The van der Waals surface area contributed by atoms with Crippen LogP contribution in [0.1, 0.15) is 57.8 Å². The minimum Gasteiger partial charge on any atom is -0.393 e. The molecule has 0 spiro atoms. The molecule has 0 unspecified atom stereocenters. The second-order valence-electron chi connectivity index (χ2n) is 5.13. The third-order valence-electron chi connectivity index (χ3n) is 3.79. The molecule has 0 amide bonds. The summed E-state index contributed by atoms with van der Waals surface area (Å²) in [5.74, 6) is 8.19. The molecule has 2 rings (SSSR count). The predicted octanol–water partition coefficient (Wildman–Crippen LogP) is 3.12. The molecule has 0 radical (unpaired) electrons. The maximum Gasteiger partial charge on any atom is 0.0541 e. The lowest BCUT2D eigenvalue weighted by molar-refractivity contribution is 0.119. The maximum absolute atomic E-state index is 9.40. The largest absolute Gasteiger partial charge is 0.393 e. The van der Waals surface area contributed by atoms with Gasteiger partial charge in [0.1, 0.15) is 0 Å². The minimum atomic E-state index is -0.0438. The van der Waals surface area contributed by atoms with Crippen LogP contribution in [0.3, 0.4) is 0 Å². The highest BCUT2D eigenvalue weighted by Crippen LogP contribution is 2.25. The van der Waals surface area contributed by atoms with Gasteiger partial charge in [-0.15, -0.1) is 0 Å². The SMILES string of the molecule is OC1CCC(C#CC2CCCCC2)CC1. The van der Waals surface area contributed by atoms with Crippen LogP contribution in [0.25, 0.3) is 0 Å². The number of hydrogen-bond acceptors (Lipinski definition) is 1. The molecule has 15 heavy (non-hydrogen) atoms. The predicted molar refractivity (Wildman–Crippen MR) is 62.3 cm³/mol. The highest BCUT2D eigenvalue weighted by molar-refractivity contribution is 5.08. The molecule has 1 N–H and O–H groups in total. The van der Waals surface area contributed by atoms with Crippen LogP contribution in [0.2, 0.25) is 0 Å². The van der Waals surface area contributed by atoms with Crippen molar-refractivity contribution in [2.45, 2.75) is 63.9 Å². The summed E-state index contributed by atoms with van der Waals surface area (Å²) < 4.78 is 0. The van der Waals surface area contributed by atoms with Crippen molar-refractivity contribution in [3.8, 4) is 11.8 Å². The van der Waals surface area contributed by atoms with Crippen molar-refractivity contribution in [3.05, 3.63) is 0 Å². The van der Waals surface area contributed by atoms with Crippen LogP contribution < -0.4 is 0 Å². The van der Waals surface area contributed by atoms with Crippen molar-refractivity contribution in [1.29, 1.82) is 0 Å². The summed E-state index contributed by atoms with van der Waals surface area (Å²) in [6.07, 6.45) is 10.9. The van der Waals surface area contributed by atoms with Crippen LogP contribution in [0.15, 0.2) is 0 Å². The Morgan fingerprint density at radius 2 is 1.20 bits per heavy atom. The van der Waals surface area contributed by atoms with Gasteiger partial charge in [0.2, 0.25) is 0 Å². The fourth-order valence-electron chi connectivity index (χ4n) is 2.70. The van der Waals surface area contributed by atoms with E-state index >= 15 is 0 Å². The fraction of sp³-hybridized carbons (Fsp3) is 0.857. The highest BCUT2D eigenvalue weighted by Gasteiger charge is 2.17. The molecule has 0 heterocycles. The Morgan fingerprint density at radius 1 is 0.667 bits per heavy atom. The Hall–Kier alpha value is -0.480. The van der Waals surface area contributed by atoms with Gasteiger partial charge in [0.25, 0.3) is 0 Å². The molecule has 2 aliphatic rings. The van der Waals surface area contributed by atoms with Crippen LogP contribution in [-0.2, 0) is 0 Å². The van der Waals surface area contributed by atoms with E-state index < -0.39 is 0 Å². The third-order valence-corrected chi connectivity index (χ3v) is 3.79. The molecule has 2 saturated carbocycles. The van der Waals surface area contributed by atoms with Crippen LogP contribution in [0.5, 0.6) is 0 Å². The average Bonchev–Trinajstić information content (AvgIpc) is 2.30. The number of hydrogen-bond donors (Lipinski definition) is 1. The van der Waals surface area contributed by atoms with E-state index in [2.05, 4.69) is 11.8 Å². The zero-order valence-electron chi connectivity index (χ0n) is 9.54. The van der Waals surface area contributed by atoms with Gasteiger partial charge in [0.15, 0.2) is 0 Å². The number of rotatable bonds is 0. The van der Waals surface area contributed by atoms with Crippen molar-refractivity contribution in [2.75, 3.05) is 0 Å². The van der Waals surface area contributed by atoms with Crippen molar-refractivity contribution in [2.24, 2.45) is 11.8 Å². The molecule has 1 heteroatoms. The Bertz CT molecular complexity index is 234. The molecule has 84 valence electrons. The molecule has 0 aromatic rings. The van der Waals surface area contributed by atoms with E-state index in [0.29, 0.717) is 11.8 Å². The van der Waals surface area contributed by atoms with Gasteiger partial charge in [-0.1, -0.05) is 31.1 Å². The van der Waals surface area contributed by atoms with Crippen molar-refractivity contribution < 1.29 is 5.11 Å². The van der Waals surface area contributed by atoms with Gasteiger partial charge < -0.3 is 5.11 Å². The molecule has 2 aliphatic carbocycles. The maximum atomic E-state index is 9.40. The van der Waals surface area contributed by atoms with E-state index in [1.54, 1.807) is 0 Å². The minimum absolute atomic E-state index is 0.0438. The summed E-state index contributed by atoms with van der Waals surface area (Å²) in [4.78, 5) is 0. The molecule has 0 aromatic heterocycles. The van der Waals surface area contributed by atoms with Gasteiger partial charge in [-0.3, -0.25) is 0 Å². The summed E-state index contributed by atoms with van der Waals surface area (Å²) >= 11 is 0. The Kier molecular flexibility index (Phi) is 4.09. The lowest BCUT2D eigenvalue weighted by Crippen LogP contribution is -2.17. The first-order valence-corrected chi connectivity index (χ1v) is 6.54. The first kappa shape index (κ1) is 11.0. The quantitative estimate of drug-likeness (QED) is 0.604. The van der Waals surface area contributed by atoms with Crippen molar-refractivity contribution >= 4 is 0 Å². The van der Waals surface area contributed by atoms with Gasteiger partial charge >= 0.3 is 0 Å². The van der Waals surface area contributed by atoms with E-state index in [-0.39, 0.29) is 6.10 Å². The number of aliphatic hydroxyl groups excluding tert-OH is 1. The van der Waals surface area contributed by atoms with Gasteiger partial charge in [-0.25, -0.2) is 0 Å². The topological polar surface area (TPSA) is 20.2 Å². The first-order chi connectivity index (χ1) is 7.34. The van der Waals surface area contributed by atoms with Gasteiger partial charge in [0, 0.05) is 11.8 Å². The smallest absolute Gasteiger partial charge is 0.0541 e. The fourth-order valence-corrected chi connectivity index (χ4v) is 2.70. The van der Waals surface area contributed by atoms with Gasteiger partial charge in [0.05, 0.1) is 6.10 Å². The van der Waals surface area contributed by atoms with E-state index in [1.165, 1.54) is 32.1 Å². The van der Waals surface area contributed by atoms with Gasteiger partial charge in [-0.05, 0) is 38.5 Å². The monoisotopic (exact) mass is 206 g/mol. The van der Waals surface area contributed by atoms with E-state index in [4.69, 9.17) is 0 Å². The Balaban J connectivity index is 1.77. The standard InChI is InChI=1S/C14H22O/c15-14-10-8-13(9-11-14)7-6-12-4-2-1-3-5-12/h12-15H,1-5,8-11H2. The number of aliphatic hydroxyl groups is 1. The lowest BCUT2D eigenvalue weighted by atomic mass is 9.86. The van der Waals surface area contributed by atoms with E-state index in [0.717, 1.165) is 25.7 Å². The Labute approximate surface area is 93.3 Å². The molecule has 0 atom stereocenters. The molecule has 0 saturated heterocycles. The molecular formula is C14H22O. The van der Waals surface area contributed by atoms with Crippen molar-refractivity contribution in [3.63, 3.8) is 0 Å². The molecular weight excluding hydrogens is 184 g/mol. The molecule has 2 fully saturated rings. The van der Waals surface area contributed by atoms with Crippen LogP contribution >= 0.6 is 0 Å². The molecule has 0 aromatic carbocycles. The van der Waals surface area contributed by atoms with E-state index in [9.17, 15) is 5.11 Å². The second-order valence-corrected chi connectivity index (χ2v) is 5.13. The van der Waals surface area contributed by atoms with Crippen molar-refractivity contribution in [1.82, 2.24) is 0 Å². The van der Waals surface area contributed by atoms with E-state index in [1.807, 2.05) is 0 Å². The highest BCUT2D eigenvalue weighted by atomic mass is 16.3. The Morgan fingerprint density at radius 3 is 1.80 bits per heavy atom. The molecule has 0 bridgehead atoms. The first-order valence-electron chi connectivity index (χ1n) is 6.54. The molecule has 0 aliphatic heterocycles. The molecule has 1 nitrogen and oxygen atoms in total. The summed E-state index contributed by atoms with van der Waals surface area (Å²) in [6, 6.07) is 0. The summed E-state index contributed by atoms with van der Waals surface area (Å²) in [5.41, 5.74) is 0. The summed E-state index contributed by atoms with van der Waals surface area (Å²) in [5, 5.41) is 9.40. The zero-order valence-corrected chi connectivity index (χ0v) is 9.54. The van der Waals surface area contributed by atoms with Gasteiger partial charge in [-0.2, -0.15) is 0 Å². The lowest BCUT2D eigenvalue weighted by Gasteiger charge is -2.22. The summed E-state index contributed by atoms with van der Waals surface area (Å²) in [7, 11) is 0. The zero-order chi connectivity index (χ0) is 10.5. The van der Waals surface area contributed by atoms with Crippen LogP contribution in [-0.4, -0.2) is 11.2 Å². The van der Waals surface area contributed by atoms with Crippen LogP contribution in [0.4, 0.5) is 0 Å². The normalized spacial score (nSPS) is 33.1. The average molecular weight is 206 g/mol. The second kappa shape index (κ2) is 5.56.